The Morgan fingerprint density at radius 3 is 2.06 bits per heavy atom. The second kappa shape index (κ2) is 16.8. The maximum Gasteiger partial charge on any atom is 0.319 e. The molecule has 0 aliphatic rings. The summed E-state index contributed by atoms with van der Waals surface area (Å²) >= 11 is 0. The lowest BCUT2D eigenvalue weighted by Crippen LogP contribution is -2.46. The quantitative estimate of drug-likeness (QED) is 0.173. The lowest BCUT2D eigenvalue weighted by atomic mass is 10.0. The van der Waals surface area contributed by atoms with Gasteiger partial charge in [0.2, 0.25) is 11.8 Å². The minimum absolute atomic E-state index is 0.187. The molecule has 0 saturated heterocycles. The molecule has 50 heavy (non-hydrogen) atoms. The Kier molecular flexibility index (Phi) is 12.3. The first kappa shape index (κ1) is 36.7. The van der Waals surface area contributed by atoms with Gasteiger partial charge in [-0.1, -0.05) is 48.5 Å². The van der Waals surface area contributed by atoms with E-state index in [-0.39, 0.29) is 24.0 Å². The van der Waals surface area contributed by atoms with Crippen LogP contribution in [0.3, 0.4) is 0 Å². The highest BCUT2D eigenvalue weighted by Gasteiger charge is 2.26. The number of urea groups is 1. The van der Waals surface area contributed by atoms with Gasteiger partial charge in [-0.25, -0.2) is 4.79 Å². The van der Waals surface area contributed by atoms with Crippen LogP contribution in [0.25, 0.3) is 0 Å². The van der Waals surface area contributed by atoms with E-state index in [0.29, 0.717) is 22.6 Å². The van der Waals surface area contributed by atoms with Crippen LogP contribution in [0.4, 0.5) is 27.5 Å². The fourth-order valence-electron chi connectivity index (χ4n) is 5.13. The van der Waals surface area contributed by atoms with Crippen molar-refractivity contribution in [3.05, 3.63) is 114 Å². The van der Waals surface area contributed by atoms with Crippen LogP contribution in [0.15, 0.2) is 97.1 Å². The van der Waals surface area contributed by atoms with Gasteiger partial charge in [-0.3, -0.25) is 24.1 Å². The van der Waals surface area contributed by atoms with E-state index in [4.69, 9.17) is 4.74 Å². The molecular weight excluding hydrogens is 638 g/mol. The van der Waals surface area contributed by atoms with E-state index in [1.807, 2.05) is 38.1 Å². The van der Waals surface area contributed by atoms with Gasteiger partial charge in [0.15, 0.2) is 6.61 Å². The summed E-state index contributed by atoms with van der Waals surface area (Å²) in [4.78, 5) is 68.8. The molecular formula is C38H41N5O7. The molecule has 0 radical (unpaired) electrons. The standard InChI is InChI=1S/C38H41N5O7/c1-25-18-26(2)20-31(19-25)42(5)36(46)24-50-33-17-10-9-16-32(33)43(23-35(45)41(4)30-14-7-6-8-15-30)34(44)22-39-38(49)40-29-13-11-12-28(21-29)27(3)37(47)48/h6-21,27H,22-24H2,1-5H3,(H,47,48)(H2,39,40,49). The molecule has 1 unspecified atom stereocenters. The number of ether oxygens (including phenoxy) is 1. The lowest BCUT2D eigenvalue weighted by molar-refractivity contribution is -0.138. The highest BCUT2D eigenvalue weighted by atomic mass is 16.5. The van der Waals surface area contributed by atoms with E-state index in [1.165, 1.54) is 27.7 Å². The van der Waals surface area contributed by atoms with E-state index in [9.17, 15) is 29.1 Å². The summed E-state index contributed by atoms with van der Waals surface area (Å²) in [6.07, 6.45) is 0. The van der Waals surface area contributed by atoms with Crippen LogP contribution in [0.5, 0.6) is 5.75 Å². The topological polar surface area (TPSA) is 149 Å². The van der Waals surface area contributed by atoms with Crippen molar-refractivity contribution in [3.8, 4) is 5.75 Å². The van der Waals surface area contributed by atoms with Crippen molar-refractivity contribution in [1.82, 2.24) is 5.32 Å². The molecule has 0 spiro atoms. The van der Waals surface area contributed by atoms with Crippen molar-refractivity contribution in [3.63, 3.8) is 0 Å². The molecule has 3 N–H and O–H groups in total. The maximum atomic E-state index is 13.8. The summed E-state index contributed by atoms with van der Waals surface area (Å²) < 4.78 is 5.96. The number of carboxylic acids is 1. The first-order chi connectivity index (χ1) is 23.8. The maximum absolute atomic E-state index is 13.8. The summed E-state index contributed by atoms with van der Waals surface area (Å²) in [5.74, 6) is -2.98. The van der Waals surface area contributed by atoms with Crippen LogP contribution >= 0.6 is 0 Å². The number of nitrogens with one attached hydrogen (secondary N) is 2. The first-order valence-electron chi connectivity index (χ1n) is 15.9. The highest BCUT2D eigenvalue weighted by molar-refractivity contribution is 6.06. The molecule has 12 heteroatoms. The Morgan fingerprint density at radius 1 is 0.740 bits per heavy atom. The Labute approximate surface area is 291 Å². The zero-order valence-corrected chi connectivity index (χ0v) is 28.7. The molecule has 0 saturated carbocycles. The highest BCUT2D eigenvalue weighted by Crippen LogP contribution is 2.29. The zero-order valence-electron chi connectivity index (χ0n) is 28.7. The van der Waals surface area contributed by atoms with Crippen molar-refractivity contribution in [1.29, 1.82) is 0 Å². The second-order valence-corrected chi connectivity index (χ2v) is 11.8. The van der Waals surface area contributed by atoms with Gasteiger partial charge in [-0.15, -0.1) is 0 Å². The fraction of sp³-hybridized carbons (Fsp3) is 0.237. The van der Waals surface area contributed by atoms with Gasteiger partial charge >= 0.3 is 12.0 Å². The molecule has 260 valence electrons. The molecule has 0 aromatic heterocycles. The third-order valence-corrected chi connectivity index (χ3v) is 8.00. The summed E-state index contributed by atoms with van der Waals surface area (Å²) in [5.41, 5.74) is 4.41. The smallest absolute Gasteiger partial charge is 0.319 e. The Balaban J connectivity index is 1.53. The van der Waals surface area contributed by atoms with Crippen LogP contribution in [0.2, 0.25) is 0 Å². The Bertz CT molecular complexity index is 1840. The van der Waals surface area contributed by atoms with Crippen molar-refractivity contribution in [2.75, 3.05) is 53.8 Å². The molecule has 0 bridgehead atoms. The number of likely N-dealkylation sites (N-methyl/N-ethyl adjacent to an activating group) is 2. The minimum atomic E-state index is -1.01. The molecule has 5 amide bonds. The largest absolute Gasteiger partial charge is 0.482 e. The molecule has 1 atom stereocenters. The molecule has 4 rings (SSSR count). The SMILES string of the molecule is Cc1cc(C)cc(N(C)C(=O)COc2ccccc2N(CC(=O)N(C)c2ccccc2)C(=O)CNC(=O)Nc2cccc(C(C)C(=O)O)c2)c1. The third kappa shape index (κ3) is 9.69. The number of nitrogens with zero attached hydrogens (tertiary/aromatic N) is 3. The summed E-state index contributed by atoms with van der Waals surface area (Å²) in [6.45, 7) is 4.18. The molecule has 0 fully saturated rings. The number of anilines is 4. The van der Waals surface area contributed by atoms with E-state index < -0.39 is 42.8 Å². The average Bonchev–Trinajstić information content (AvgIpc) is 3.10. The number of rotatable bonds is 13. The van der Waals surface area contributed by atoms with Gasteiger partial charge in [-0.2, -0.15) is 0 Å². The first-order valence-corrected chi connectivity index (χ1v) is 15.9. The fourth-order valence-corrected chi connectivity index (χ4v) is 5.13. The molecule has 0 heterocycles. The van der Waals surface area contributed by atoms with Crippen LogP contribution in [-0.4, -0.2) is 68.6 Å². The van der Waals surface area contributed by atoms with E-state index in [2.05, 4.69) is 10.6 Å². The summed E-state index contributed by atoms with van der Waals surface area (Å²) in [5, 5.41) is 14.5. The number of hydrogen-bond acceptors (Lipinski definition) is 6. The average molecular weight is 680 g/mol. The predicted molar refractivity (Wildman–Crippen MR) is 193 cm³/mol. The monoisotopic (exact) mass is 679 g/mol. The van der Waals surface area contributed by atoms with Gasteiger partial charge < -0.3 is 30.3 Å². The number of benzene rings is 4. The number of carbonyl (C=O) groups is 5. The number of carboxylic acid groups (broad SMARTS) is 1. The Hall–Kier alpha value is -6.17. The molecule has 12 nitrogen and oxygen atoms in total. The van der Waals surface area contributed by atoms with E-state index in [0.717, 1.165) is 11.1 Å². The molecule has 0 aliphatic carbocycles. The van der Waals surface area contributed by atoms with Crippen molar-refractivity contribution >= 4 is 52.5 Å². The Morgan fingerprint density at radius 2 is 1.38 bits per heavy atom. The number of hydrogen-bond donors (Lipinski definition) is 3. The van der Waals surface area contributed by atoms with Gasteiger partial charge in [0.05, 0.1) is 18.2 Å². The molecule has 4 aromatic rings. The third-order valence-electron chi connectivity index (χ3n) is 8.00. The number of aryl methyl sites for hydroxylation is 2. The normalized spacial score (nSPS) is 11.1. The van der Waals surface area contributed by atoms with Crippen molar-refractivity contribution < 1.29 is 33.8 Å². The van der Waals surface area contributed by atoms with Gasteiger partial charge in [-0.05, 0) is 86.0 Å². The summed E-state index contributed by atoms with van der Waals surface area (Å²) in [6, 6.07) is 26.9. The van der Waals surface area contributed by atoms with Gasteiger partial charge in [0.1, 0.15) is 12.3 Å². The van der Waals surface area contributed by atoms with Crippen LogP contribution in [0, 0.1) is 13.8 Å². The number of amides is 5. The second-order valence-electron chi connectivity index (χ2n) is 11.8. The molecule has 4 aromatic carbocycles. The van der Waals surface area contributed by atoms with Crippen LogP contribution < -0.4 is 30.1 Å². The van der Waals surface area contributed by atoms with Crippen molar-refractivity contribution in [2.24, 2.45) is 0 Å². The lowest BCUT2D eigenvalue weighted by Gasteiger charge is -2.27. The molecule has 0 aliphatic heterocycles. The van der Waals surface area contributed by atoms with Gasteiger partial charge in [0, 0.05) is 31.2 Å². The summed E-state index contributed by atoms with van der Waals surface area (Å²) in [7, 11) is 3.24. The zero-order chi connectivity index (χ0) is 36.4. The van der Waals surface area contributed by atoms with E-state index >= 15 is 0 Å². The van der Waals surface area contributed by atoms with Crippen LogP contribution in [-0.2, 0) is 19.2 Å². The minimum Gasteiger partial charge on any atom is -0.482 e. The van der Waals surface area contributed by atoms with Crippen molar-refractivity contribution in [2.45, 2.75) is 26.7 Å². The van der Waals surface area contributed by atoms with Gasteiger partial charge in [0.25, 0.3) is 5.91 Å². The number of aliphatic carboxylic acids is 1. The van der Waals surface area contributed by atoms with Crippen LogP contribution in [0.1, 0.15) is 29.5 Å². The number of carbonyl (C=O) groups excluding carboxylic acids is 4. The number of para-hydroxylation sites is 3. The van der Waals surface area contributed by atoms with E-state index in [1.54, 1.807) is 80.8 Å². The predicted octanol–water partition coefficient (Wildman–Crippen LogP) is 5.35.